The Morgan fingerprint density at radius 3 is 2.60 bits per heavy atom. The van der Waals surface area contributed by atoms with Crippen molar-refractivity contribution < 1.29 is 14.4 Å². The SMILES string of the molecule is CC(NC(=O)c1ccc2c(c1)N(C(=O)CNC1CCCCC1)CC(=O)N2C1CC1)c1cccnc1. The van der Waals surface area contributed by atoms with Gasteiger partial charge in [-0.3, -0.25) is 24.3 Å². The molecule has 2 aromatic rings. The molecule has 3 aliphatic rings. The number of hydrogen-bond acceptors (Lipinski definition) is 5. The Labute approximate surface area is 206 Å². The highest BCUT2D eigenvalue weighted by Crippen LogP contribution is 2.41. The number of pyridine rings is 1. The number of nitrogens with one attached hydrogen (secondary N) is 2. The third-order valence-corrected chi connectivity index (χ3v) is 7.24. The fourth-order valence-corrected chi connectivity index (χ4v) is 5.10. The Morgan fingerprint density at radius 2 is 1.89 bits per heavy atom. The number of carbonyl (C=O) groups excluding carboxylic acids is 3. The van der Waals surface area contributed by atoms with Crippen LogP contribution in [0.1, 0.15) is 73.8 Å². The second-order valence-corrected chi connectivity index (χ2v) is 9.88. The normalized spacial score (nSPS) is 19.3. The first kappa shape index (κ1) is 23.5. The van der Waals surface area contributed by atoms with Crippen molar-refractivity contribution in [3.05, 3.63) is 53.9 Å². The molecule has 0 radical (unpaired) electrons. The van der Waals surface area contributed by atoms with Crippen LogP contribution in [0.3, 0.4) is 0 Å². The lowest BCUT2D eigenvalue weighted by Crippen LogP contribution is -2.51. The van der Waals surface area contributed by atoms with Gasteiger partial charge in [0.2, 0.25) is 11.8 Å². The number of rotatable bonds is 7. The molecule has 2 heterocycles. The van der Waals surface area contributed by atoms with Crippen LogP contribution in [0.5, 0.6) is 0 Å². The van der Waals surface area contributed by atoms with Crippen LogP contribution in [-0.2, 0) is 9.59 Å². The largest absolute Gasteiger partial charge is 0.345 e. The van der Waals surface area contributed by atoms with E-state index in [1.807, 2.05) is 30.0 Å². The molecule has 3 amide bonds. The van der Waals surface area contributed by atoms with Gasteiger partial charge in [0.1, 0.15) is 6.54 Å². The van der Waals surface area contributed by atoms with Crippen LogP contribution in [0.4, 0.5) is 11.4 Å². The minimum absolute atomic E-state index is 0.00579. The lowest BCUT2D eigenvalue weighted by atomic mass is 9.95. The maximum atomic E-state index is 13.3. The molecule has 0 spiro atoms. The van der Waals surface area contributed by atoms with Crippen LogP contribution in [0.2, 0.25) is 0 Å². The standard InChI is InChI=1S/C27H33N5O3/c1-18(20-6-5-13-28-15-20)30-27(35)19-9-12-23-24(14-19)31(17-26(34)32(23)22-10-11-22)25(33)16-29-21-7-3-2-4-8-21/h5-6,9,12-15,18,21-22,29H,2-4,7-8,10-11,16-17H2,1H3,(H,30,35). The van der Waals surface area contributed by atoms with Crippen LogP contribution in [0.25, 0.3) is 0 Å². The molecule has 2 fully saturated rings. The van der Waals surface area contributed by atoms with Crippen LogP contribution >= 0.6 is 0 Å². The first-order chi connectivity index (χ1) is 17.0. The van der Waals surface area contributed by atoms with E-state index in [2.05, 4.69) is 15.6 Å². The van der Waals surface area contributed by atoms with Gasteiger partial charge in [-0.2, -0.15) is 0 Å². The highest BCUT2D eigenvalue weighted by Gasteiger charge is 2.40. The Hall–Kier alpha value is -3.26. The van der Waals surface area contributed by atoms with Gasteiger partial charge in [0.15, 0.2) is 0 Å². The molecule has 1 aliphatic heterocycles. The summed E-state index contributed by atoms with van der Waals surface area (Å²) in [6.07, 6.45) is 11.1. The summed E-state index contributed by atoms with van der Waals surface area (Å²) in [4.78, 5) is 46.8. The predicted molar refractivity (Wildman–Crippen MR) is 134 cm³/mol. The quantitative estimate of drug-likeness (QED) is 0.641. The number of amides is 3. The maximum absolute atomic E-state index is 13.3. The number of hydrogen-bond donors (Lipinski definition) is 2. The van der Waals surface area contributed by atoms with E-state index in [0.717, 1.165) is 31.2 Å². The van der Waals surface area contributed by atoms with Gasteiger partial charge in [-0.25, -0.2) is 0 Å². The summed E-state index contributed by atoms with van der Waals surface area (Å²) in [5, 5.41) is 6.40. The number of anilines is 2. The van der Waals surface area contributed by atoms with E-state index in [0.29, 0.717) is 23.0 Å². The Bertz CT molecular complexity index is 1100. The molecule has 2 N–H and O–H groups in total. The van der Waals surface area contributed by atoms with Crippen molar-refractivity contribution in [1.29, 1.82) is 0 Å². The highest BCUT2D eigenvalue weighted by molar-refractivity contribution is 6.13. The van der Waals surface area contributed by atoms with Gasteiger partial charge < -0.3 is 15.5 Å². The molecule has 2 aliphatic carbocycles. The van der Waals surface area contributed by atoms with Gasteiger partial charge in [-0.15, -0.1) is 0 Å². The zero-order chi connectivity index (χ0) is 24.4. The predicted octanol–water partition coefficient (Wildman–Crippen LogP) is 3.34. The summed E-state index contributed by atoms with van der Waals surface area (Å²) < 4.78 is 0. The van der Waals surface area contributed by atoms with Crippen molar-refractivity contribution in [2.45, 2.75) is 70.0 Å². The zero-order valence-corrected chi connectivity index (χ0v) is 20.2. The average molecular weight is 476 g/mol. The molecule has 1 atom stereocenters. The monoisotopic (exact) mass is 475 g/mol. The van der Waals surface area contributed by atoms with Gasteiger partial charge in [-0.05, 0) is 62.4 Å². The van der Waals surface area contributed by atoms with E-state index in [1.54, 1.807) is 29.4 Å². The van der Waals surface area contributed by atoms with Crippen molar-refractivity contribution >= 4 is 29.1 Å². The van der Waals surface area contributed by atoms with Crippen LogP contribution < -0.4 is 20.4 Å². The third-order valence-electron chi connectivity index (χ3n) is 7.24. The molecule has 0 bridgehead atoms. The molecule has 8 nitrogen and oxygen atoms in total. The van der Waals surface area contributed by atoms with E-state index in [9.17, 15) is 14.4 Å². The molecule has 1 aromatic heterocycles. The molecule has 8 heteroatoms. The number of nitrogens with zero attached hydrogens (tertiary/aromatic N) is 3. The second-order valence-electron chi connectivity index (χ2n) is 9.88. The molecule has 184 valence electrons. The van der Waals surface area contributed by atoms with Crippen molar-refractivity contribution in [2.24, 2.45) is 0 Å². The van der Waals surface area contributed by atoms with Crippen molar-refractivity contribution in [3.8, 4) is 0 Å². The molecule has 35 heavy (non-hydrogen) atoms. The zero-order valence-electron chi connectivity index (χ0n) is 20.2. The molecule has 0 saturated heterocycles. The first-order valence-corrected chi connectivity index (χ1v) is 12.7. The summed E-state index contributed by atoms with van der Waals surface area (Å²) in [5.74, 6) is -0.429. The average Bonchev–Trinajstić information content (AvgIpc) is 3.72. The topological polar surface area (TPSA) is 94.6 Å². The van der Waals surface area contributed by atoms with Crippen LogP contribution in [-0.4, -0.2) is 47.9 Å². The molecule has 1 unspecified atom stereocenters. The minimum Gasteiger partial charge on any atom is -0.345 e. The third kappa shape index (κ3) is 5.22. The molecular weight excluding hydrogens is 442 g/mol. The van der Waals surface area contributed by atoms with Crippen molar-refractivity contribution in [1.82, 2.24) is 15.6 Å². The summed E-state index contributed by atoms with van der Waals surface area (Å²) in [6.45, 7) is 2.11. The summed E-state index contributed by atoms with van der Waals surface area (Å²) >= 11 is 0. The minimum atomic E-state index is -0.230. The van der Waals surface area contributed by atoms with Gasteiger partial charge >= 0.3 is 0 Å². The van der Waals surface area contributed by atoms with Gasteiger partial charge in [-0.1, -0.05) is 25.3 Å². The first-order valence-electron chi connectivity index (χ1n) is 12.7. The van der Waals surface area contributed by atoms with Gasteiger partial charge in [0.05, 0.1) is 24.0 Å². The molecule has 5 rings (SSSR count). The van der Waals surface area contributed by atoms with E-state index in [1.165, 1.54) is 19.3 Å². The van der Waals surface area contributed by atoms with Crippen LogP contribution in [0.15, 0.2) is 42.7 Å². The fourth-order valence-electron chi connectivity index (χ4n) is 5.10. The fraction of sp³-hybridized carbons (Fsp3) is 0.481. The summed E-state index contributed by atoms with van der Waals surface area (Å²) in [6, 6.07) is 9.38. The Morgan fingerprint density at radius 1 is 1.09 bits per heavy atom. The van der Waals surface area contributed by atoms with Crippen molar-refractivity contribution in [2.75, 3.05) is 22.9 Å². The summed E-state index contributed by atoms with van der Waals surface area (Å²) in [5.41, 5.74) is 2.72. The lowest BCUT2D eigenvalue weighted by Gasteiger charge is -2.37. The van der Waals surface area contributed by atoms with Gasteiger partial charge in [0.25, 0.3) is 5.91 Å². The highest BCUT2D eigenvalue weighted by atomic mass is 16.2. The molecular formula is C27H33N5O3. The van der Waals surface area contributed by atoms with E-state index >= 15 is 0 Å². The maximum Gasteiger partial charge on any atom is 0.251 e. The second kappa shape index (κ2) is 10.2. The summed E-state index contributed by atoms with van der Waals surface area (Å²) in [7, 11) is 0. The van der Waals surface area contributed by atoms with E-state index in [-0.39, 0.29) is 42.9 Å². The number of fused-ring (bicyclic) bond motifs is 1. The Kier molecular flexibility index (Phi) is 6.81. The molecule has 2 saturated carbocycles. The van der Waals surface area contributed by atoms with Gasteiger partial charge in [0, 0.05) is 30.0 Å². The number of aromatic nitrogens is 1. The van der Waals surface area contributed by atoms with Crippen molar-refractivity contribution in [3.63, 3.8) is 0 Å². The van der Waals surface area contributed by atoms with E-state index < -0.39 is 0 Å². The Balaban J connectivity index is 1.37. The molecule has 1 aromatic carbocycles. The number of benzene rings is 1. The lowest BCUT2D eigenvalue weighted by molar-refractivity contribution is -0.122. The van der Waals surface area contributed by atoms with Crippen LogP contribution in [0, 0.1) is 0 Å². The smallest absolute Gasteiger partial charge is 0.251 e. The van der Waals surface area contributed by atoms with E-state index in [4.69, 9.17) is 0 Å². The number of carbonyl (C=O) groups is 3.